The second kappa shape index (κ2) is 32.7. The average Bonchev–Trinajstić information content (AvgIpc) is 2.97. The van der Waals surface area contributed by atoms with E-state index < -0.39 is 6.04 Å². The van der Waals surface area contributed by atoms with Crippen molar-refractivity contribution < 1.29 is 9.59 Å². The summed E-state index contributed by atoms with van der Waals surface area (Å²) >= 11 is 0. The molecular weight excluding hydrogens is 514 g/mol. The van der Waals surface area contributed by atoms with Crippen LogP contribution in [0.2, 0.25) is 0 Å². The number of Topliss-reactive ketones (excluding diaryl/α,β-unsaturated/α-hetero) is 2. The molecule has 0 fully saturated rings. The summed E-state index contributed by atoms with van der Waals surface area (Å²) in [6.45, 7) is 4.54. The highest BCUT2D eigenvalue weighted by Gasteiger charge is 2.27. The highest BCUT2D eigenvalue weighted by atomic mass is 16.2. The number of ketones is 2. The minimum absolute atomic E-state index is 0.121. The van der Waals surface area contributed by atoms with Crippen molar-refractivity contribution in [3.05, 3.63) is 24.3 Å². The first-order chi connectivity index (χ1) is 20.5. The lowest BCUT2D eigenvalue weighted by Gasteiger charge is -2.22. The van der Waals surface area contributed by atoms with Gasteiger partial charge in [-0.05, 0) is 78.3 Å². The summed E-state index contributed by atoms with van der Waals surface area (Å²) in [6.07, 6.45) is 43.2. The van der Waals surface area contributed by atoms with Crippen LogP contribution in [0.5, 0.6) is 0 Å². The molecule has 0 aromatic rings. The summed E-state index contributed by atoms with van der Waals surface area (Å²) in [5, 5.41) is 0. The maximum Gasteiger partial charge on any atom is 0.157 e. The molecule has 246 valence electrons. The van der Waals surface area contributed by atoms with Gasteiger partial charge in [0.25, 0.3) is 0 Å². The molecule has 0 aromatic heterocycles. The second-order valence-electron chi connectivity index (χ2n) is 13.0. The topological polar surface area (TPSA) is 37.4 Å². The molecule has 0 spiro atoms. The molecule has 42 heavy (non-hydrogen) atoms. The molecule has 0 saturated carbocycles. The summed E-state index contributed by atoms with van der Waals surface area (Å²) in [7, 11) is 3.75. The maximum absolute atomic E-state index is 12.8. The number of likely N-dealkylation sites (N-methyl/N-ethyl adjacent to an activating group) is 1. The molecule has 0 heterocycles. The molecule has 0 amide bonds. The molecule has 0 atom stereocenters. The molecule has 0 bridgehead atoms. The van der Waals surface area contributed by atoms with Crippen LogP contribution in [-0.2, 0) is 9.59 Å². The third kappa shape index (κ3) is 27.6. The smallest absolute Gasteiger partial charge is 0.157 e. The Kier molecular flexibility index (Phi) is 31.7. The molecule has 0 unspecified atom stereocenters. The van der Waals surface area contributed by atoms with E-state index in [-0.39, 0.29) is 11.6 Å². The number of carbonyl (C=O) groups is 2. The summed E-state index contributed by atoms with van der Waals surface area (Å²) < 4.78 is 0. The van der Waals surface area contributed by atoms with E-state index in [0.29, 0.717) is 12.8 Å². The van der Waals surface area contributed by atoms with Crippen molar-refractivity contribution in [3.63, 3.8) is 0 Å². The quantitative estimate of drug-likeness (QED) is 0.0435. The standard InChI is InChI=1S/C39H73NO2/c1-5-7-9-11-13-15-17-19-21-23-25-27-29-31-33-35-37(41)39(40(3)4)38(42)36-34-32-30-28-26-24-22-20-18-16-14-12-10-8-6-2/h19-22,39H,5-18,23-36H2,1-4H3/b21-19-,22-20-. The van der Waals surface area contributed by atoms with Crippen LogP contribution in [0.4, 0.5) is 0 Å². The van der Waals surface area contributed by atoms with E-state index in [0.717, 1.165) is 25.7 Å². The van der Waals surface area contributed by atoms with Crippen LogP contribution in [0.25, 0.3) is 0 Å². The van der Waals surface area contributed by atoms with Crippen LogP contribution in [0.15, 0.2) is 24.3 Å². The predicted octanol–water partition coefficient (Wildman–Crippen LogP) is 12.1. The Bertz CT molecular complexity index is 599. The van der Waals surface area contributed by atoms with Gasteiger partial charge in [-0.3, -0.25) is 14.5 Å². The first kappa shape index (κ1) is 40.8. The number of allylic oxidation sites excluding steroid dienone is 4. The number of carbonyl (C=O) groups excluding carboxylic acids is 2. The maximum atomic E-state index is 12.8. The third-order valence-electron chi connectivity index (χ3n) is 8.50. The van der Waals surface area contributed by atoms with Gasteiger partial charge >= 0.3 is 0 Å². The Morgan fingerprint density at radius 3 is 0.976 bits per heavy atom. The Labute approximate surface area is 263 Å². The zero-order valence-electron chi connectivity index (χ0n) is 28.9. The van der Waals surface area contributed by atoms with Crippen molar-refractivity contribution in [1.82, 2.24) is 4.90 Å². The van der Waals surface area contributed by atoms with E-state index in [1.54, 1.807) is 0 Å². The van der Waals surface area contributed by atoms with Gasteiger partial charge in [0.2, 0.25) is 0 Å². The number of rotatable bonds is 33. The van der Waals surface area contributed by atoms with Crippen molar-refractivity contribution in [2.24, 2.45) is 0 Å². The molecule has 0 aromatic carbocycles. The Hall–Kier alpha value is -1.22. The highest BCUT2D eigenvalue weighted by molar-refractivity contribution is 6.06. The molecule has 0 radical (unpaired) electrons. The average molecular weight is 588 g/mol. The molecule has 0 saturated heterocycles. The monoisotopic (exact) mass is 588 g/mol. The molecule has 0 N–H and O–H groups in total. The van der Waals surface area contributed by atoms with Gasteiger partial charge in [0, 0.05) is 12.8 Å². The van der Waals surface area contributed by atoms with Gasteiger partial charge in [0.15, 0.2) is 11.6 Å². The Morgan fingerprint density at radius 2 is 0.690 bits per heavy atom. The molecule has 3 nitrogen and oxygen atoms in total. The fourth-order valence-corrected chi connectivity index (χ4v) is 5.77. The van der Waals surface area contributed by atoms with Crippen molar-refractivity contribution in [2.45, 2.75) is 200 Å². The van der Waals surface area contributed by atoms with Crippen molar-refractivity contribution in [1.29, 1.82) is 0 Å². The van der Waals surface area contributed by atoms with Gasteiger partial charge in [0.05, 0.1) is 0 Å². The minimum Gasteiger partial charge on any atom is -0.297 e. The van der Waals surface area contributed by atoms with E-state index in [9.17, 15) is 9.59 Å². The predicted molar refractivity (Wildman–Crippen MR) is 186 cm³/mol. The van der Waals surface area contributed by atoms with Gasteiger partial charge in [-0.2, -0.15) is 0 Å². The molecule has 0 aliphatic carbocycles. The summed E-state index contributed by atoms with van der Waals surface area (Å²) in [5.74, 6) is 0.241. The minimum atomic E-state index is -0.543. The largest absolute Gasteiger partial charge is 0.297 e. The van der Waals surface area contributed by atoms with Gasteiger partial charge < -0.3 is 0 Å². The van der Waals surface area contributed by atoms with Gasteiger partial charge in [-0.1, -0.05) is 141 Å². The van der Waals surface area contributed by atoms with Gasteiger partial charge in [-0.25, -0.2) is 0 Å². The second-order valence-corrected chi connectivity index (χ2v) is 13.0. The van der Waals surface area contributed by atoms with Gasteiger partial charge in [-0.15, -0.1) is 0 Å². The third-order valence-corrected chi connectivity index (χ3v) is 8.50. The van der Waals surface area contributed by atoms with Crippen LogP contribution in [0.1, 0.15) is 194 Å². The lowest BCUT2D eigenvalue weighted by atomic mass is 9.97. The zero-order chi connectivity index (χ0) is 30.9. The van der Waals surface area contributed by atoms with Crippen LogP contribution >= 0.6 is 0 Å². The Morgan fingerprint density at radius 1 is 0.429 bits per heavy atom. The van der Waals surface area contributed by atoms with Gasteiger partial charge in [0.1, 0.15) is 6.04 Å². The highest BCUT2D eigenvalue weighted by Crippen LogP contribution is 2.15. The number of hydrogen-bond donors (Lipinski definition) is 0. The Balaban J connectivity index is 3.76. The number of unbranched alkanes of at least 4 members (excludes halogenated alkanes) is 22. The number of nitrogens with zero attached hydrogens (tertiary/aromatic N) is 1. The van der Waals surface area contributed by atoms with Crippen LogP contribution in [0, 0.1) is 0 Å². The van der Waals surface area contributed by atoms with Crippen molar-refractivity contribution in [2.75, 3.05) is 14.1 Å². The first-order valence-corrected chi connectivity index (χ1v) is 18.6. The molecule has 0 rings (SSSR count). The number of hydrogen-bond acceptors (Lipinski definition) is 3. The zero-order valence-corrected chi connectivity index (χ0v) is 28.9. The normalized spacial score (nSPS) is 12.0. The lowest BCUT2D eigenvalue weighted by molar-refractivity contribution is -0.133. The molecule has 3 heteroatoms. The molecule has 0 aliphatic heterocycles. The molecule has 0 aliphatic rings. The van der Waals surface area contributed by atoms with E-state index in [1.165, 1.54) is 141 Å². The summed E-state index contributed by atoms with van der Waals surface area (Å²) in [4.78, 5) is 27.5. The van der Waals surface area contributed by atoms with Crippen molar-refractivity contribution in [3.8, 4) is 0 Å². The van der Waals surface area contributed by atoms with Crippen LogP contribution in [-0.4, -0.2) is 36.6 Å². The van der Waals surface area contributed by atoms with Crippen LogP contribution in [0.3, 0.4) is 0 Å². The van der Waals surface area contributed by atoms with Crippen LogP contribution < -0.4 is 0 Å². The fourth-order valence-electron chi connectivity index (χ4n) is 5.77. The SMILES string of the molecule is CCCCCCCC/C=C\CCCCCCCC(=O)C(C(=O)CCCCCCC/C=C\CCCCCCCC)N(C)C. The fraction of sp³-hybridized carbons (Fsp3) is 0.846. The molecular formula is C39H73NO2. The first-order valence-electron chi connectivity index (χ1n) is 18.6. The summed E-state index contributed by atoms with van der Waals surface area (Å²) in [5.41, 5.74) is 0. The lowest BCUT2D eigenvalue weighted by Crippen LogP contribution is -2.42. The van der Waals surface area contributed by atoms with Crippen molar-refractivity contribution >= 4 is 11.6 Å². The van der Waals surface area contributed by atoms with E-state index in [4.69, 9.17) is 0 Å². The van der Waals surface area contributed by atoms with E-state index in [2.05, 4.69) is 38.2 Å². The summed E-state index contributed by atoms with van der Waals surface area (Å²) in [6, 6.07) is -0.543. The van der Waals surface area contributed by atoms with E-state index >= 15 is 0 Å². The van der Waals surface area contributed by atoms with E-state index in [1.807, 2.05) is 19.0 Å².